The van der Waals surface area contributed by atoms with Crippen molar-refractivity contribution >= 4 is 5.57 Å². The summed E-state index contributed by atoms with van der Waals surface area (Å²) in [7, 11) is 0. The monoisotopic (exact) mass is 283 g/mol. The predicted octanol–water partition coefficient (Wildman–Crippen LogP) is 3.78. The smallest absolute Gasteiger partial charge is 0.123 e. The molecule has 108 valence electrons. The molecular weight excluding hydrogens is 265 g/mol. The normalized spacial score (nSPS) is 14.6. The summed E-state index contributed by atoms with van der Waals surface area (Å²) in [6.45, 7) is 2.43. The van der Waals surface area contributed by atoms with E-state index in [1.54, 1.807) is 12.1 Å². The van der Waals surface area contributed by atoms with Gasteiger partial charge in [0.1, 0.15) is 18.2 Å². The van der Waals surface area contributed by atoms with Gasteiger partial charge in [0.2, 0.25) is 0 Å². The van der Waals surface area contributed by atoms with Gasteiger partial charge in [-0.2, -0.15) is 0 Å². The molecule has 1 aliphatic heterocycles. The molecule has 1 N–H and O–H groups in total. The lowest BCUT2D eigenvalue weighted by Crippen LogP contribution is -2.19. The highest BCUT2D eigenvalue weighted by atomic mass is 19.1. The number of benzene rings is 2. The van der Waals surface area contributed by atoms with Gasteiger partial charge in [-0.1, -0.05) is 30.3 Å². The Morgan fingerprint density at radius 3 is 2.43 bits per heavy atom. The molecule has 0 bridgehead atoms. The van der Waals surface area contributed by atoms with Gasteiger partial charge in [0, 0.05) is 6.54 Å². The molecule has 3 rings (SSSR count). The summed E-state index contributed by atoms with van der Waals surface area (Å²) in [5, 5.41) is 3.31. The second-order valence-electron chi connectivity index (χ2n) is 5.12. The Morgan fingerprint density at radius 1 is 1.00 bits per heavy atom. The Kier molecular flexibility index (Phi) is 4.31. The molecule has 3 heteroatoms. The van der Waals surface area contributed by atoms with Crippen LogP contribution in [0.2, 0.25) is 0 Å². The van der Waals surface area contributed by atoms with Crippen molar-refractivity contribution in [2.45, 2.75) is 13.0 Å². The molecular formula is C18H18FNO. The molecule has 0 saturated heterocycles. The quantitative estimate of drug-likeness (QED) is 0.922. The first kappa shape index (κ1) is 13.8. The number of ether oxygens (including phenoxy) is 1. The average molecular weight is 283 g/mol. The highest BCUT2D eigenvalue weighted by Gasteiger charge is 2.05. The molecule has 1 heterocycles. The van der Waals surface area contributed by atoms with Crippen LogP contribution in [0, 0.1) is 5.82 Å². The minimum absolute atomic E-state index is 0.224. The lowest BCUT2D eigenvalue weighted by Gasteiger charge is -2.14. The van der Waals surface area contributed by atoms with Gasteiger partial charge in [0.15, 0.2) is 0 Å². The van der Waals surface area contributed by atoms with Crippen LogP contribution in [-0.4, -0.2) is 13.1 Å². The molecule has 0 saturated carbocycles. The fraction of sp³-hybridized carbons (Fsp3) is 0.222. The molecule has 0 spiro atoms. The predicted molar refractivity (Wildman–Crippen MR) is 82.6 cm³/mol. The third-order valence-corrected chi connectivity index (χ3v) is 3.61. The Labute approximate surface area is 124 Å². The molecule has 2 aromatic carbocycles. The SMILES string of the molecule is Fc1ccc(COc2ccc(C3=CCNCC3)cc2)cc1. The summed E-state index contributed by atoms with van der Waals surface area (Å²) < 4.78 is 18.5. The molecule has 0 amide bonds. The van der Waals surface area contributed by atoms with Gasteiger partial charge in [-0.05, 0) is 53.9 Å². The summed E-state index contributed by atoms with van der Waals surface area (Å²) in [4.78, 5) is 0. The van der Waals surface area contributed by atoms with Crippen LogP contribution >= 0.6 is 0 Å². The second kappa shape index (κ2) is 6.55. The van der Waals surface area contributed by atoms with Gasteiger partial charge >= 0.3 is 0 Å². The van der Waals surface area contributed by atoms with Crippen LogP contribution in [-0.2, 0) is 6.61 Å². The zero-order chi connectivity index (χ0) is 14.5. The Morgan fingerprint density at radius 2 is 1.76 bits per heavy atom. The van der Waals surface area contributed by atoms with Crippen LogP contribution in [0.4, 0.5) is 4.39 Å². The van der Waals surface area contributed by atoms with Crippen molar-refractivity contribution in [2.75, 3.05) is 13.1 Å². The molecule has 0 fully saturated rings. The minimum Gasteiger partial charge on any atom is -0.489 e. The van der Waals surface area contributed by atoms with E-state index in [0.29, 0.717) is 6.61 Å². The number of hydrogen-bond donors (Lipinski definition) is 1. The molecule has 2 aromatic rings. The highest BCUT2D eigenvalue weighted by molar-refractivity contribution is 5.67. The third kappa shape index (κ3) is 3.70. The third-order valence-electron chi connectivity index (χ3n) is 3.61. The summed E-state index contributed by atoms with van der Waals surface area (Å²) >= 11 is 0. The lowest BCUT2D eigenvalue weighted by molar-refractivity contribution is 0.306. The number of hydrogen-bond acceptors (Lipinski definition) is 2. The Balaban J connectivity index is 1.61. The summed E-state index contributed by atoms with van der Waals surface area (Å²) in [6.07, 6.45) is 3.30. The van der Waals surface area contributed by atoms with E-state index in [0.717, 1.165) is 30.8 Å². The molecule has 21 heavy (non-hydrogen) atoms. The van der Waals surface area contributed by atoms with Crippen molar-refractivity contribution in [1.82, 2.24) is 5.32 Å². The van der Waals surface area contributed by atoms with Crippen LogP contribution in [0.25, 0.3) is 5.57 Å². The van der Waals surface area contributed by atoms with Gasteiger partial charge in [0.25, 0.3) is 0 Å². The number of rotatable bonds is 4. The molecule has 0 aliphatic carbocycles. The Hall–Kier alpha value is -2.13. The fourth-order valence-corrected chi connectivity index (χ4v) is 2.40. The van der Waals surface area contributed by atoms with Crippen LogP contribution in [0.5, 0.6) is 5.75 Å². The second-order valence-corrected chi connectivity index (χ2v) is 5.12. The lowest BCUT2D eigenvalue weighted by atomic mass is 10.0. The van der Waals surface area contributed by atoms with E-state index in [2.05, 4.69) is 23.5 Å². The van der Waals surface area contributed by atoms with E-state index in [-0.39, 0.29) is 5.82 Å². The molecule has 1 aliphatic rings. The molecule has 2 nitrogen and oxygen atoms in total. The first-order chi connectivity index (χ1) is 10.3. The largest absolute Gasteiger partial charge is 0.489 e. The zero-order valence-electron chi connectivity index (χ0n) is 11.8. The zero-order valence-corrected chi connectivity index (χ0v) is 11.8. The van der Waals surface area contributed by atoms with Crippen LogP contribution < -0.4 is 10.1 Å². The standard InChI is InChI=1S/C18H18FNO/c19-17-5-1-14(2-6-17)13-21-18-7-3-15(4-8-18)16-9-11-20-12-10-16/h1-9,20H,10-13H2. The van der Waals surface area contributed by atoms with E-state index >= 15 is 0 Å². The van der Waals surface area contributed by atoms with E-state index < -0.39 is 0 Å². The molecule has 0 aromatic heterocycles. The topological polar surface area (TPSA) is 21.3 Å². The fourth-order valence-electron chi connectivity index (χ4n) is 2.40. The van der Waals surface area contributed by atoms with Crippen molar-refractivity contribution < 1.29 is 9.13 Å². The van der Waals surface area contributed by atoms with Crippen LogP contribution in [0.1, 0.15) is 17.5 Å². The summed E-state index contributed by atoms with van der Waals surface area (Å²) in [5.74, 6) is 0.607. The minimum atomic E-state index is -0.224. The van der Waals surface area contributed by atoms with E-state index in [9.17, 15) is 4.39 Å². The van der Waals surface area contributed by atoms with Crippen molar-refractivity contribution in [3.63, 3.8) is 0 Å². The van der Waals surface area contributed by atoms with E-state index in [1.165, 1.54) is 23.3 Å². The van der Waals surface area contributed by atoms with Crippen molar-refractivity contribution in [2.24, 2.45) is 0 Å². The number of nitrogens with one attached hydrogen (secondary N) is 1. The van der Waals surface area contributed by atoms with Crippen molar-refractivity contribution in [1.29, 1.82) is 0 Å². The maximum absolute atomic E-state index is 12.8. The van der Waals surface area contributed by atoms with E-state index in [4.69, 9.17) is 4.74 Å². The summed E-state index contributed by atoms with van der Waals surface area (Å²) in [5.41, 5.74) is 3.60. The van der Waals surface area contributed by atoms with E-state index in [1.807, 2.05) is 12.1 Å². The molecule has 0 unspecified atom stereocenters. The van der Waals surface area contributed by atoms with Gasteiger partial charge in [-0.15, -0.1) is 0 Å². The highest BCUT2D eigenvalue weighted by Crippen LogP contribution is 2.22. The van der Waals surface area contributed by atoms with Gasteiger partial charge < -0.3 is 10.1 Å². The van der Waals surface area contributed by atoms with Crippen LogP contribution in [0.15, 0.2) is 54.6 Å². The first-order valence-electron chi connectivity index (χ1n) is 7.19. The van der Waals surface area contributed by atoms with Crippen molar-refractivity contribution in [3.05, 3.63) is 71.6 Å². The van der Waals surface area contributed by atoms with Crippen molar-refractivity contribution in [3.8, 4) is 5.75 Å². The first-order valence-corrected chi connectivity index (χ1v) is 7.19. The Bertz CT molecular complexity index is 617. The summed E-state index contributed by atoms with van der Waals surface area (Å²) in [6, 6.07) is 14.5. The molecule has 0 atom stereocenters. The average Bonchev–Trinajstić information content (AvgIpc) is 2.56. The molecule has 0 radical (unpaired) electrons. The maximum Gasteiger partial charge on any atom is 0.123 e. The van der Waals surface area contributed by atoms with Gasteiger partial charge in [-0.3, -0.25) is 0 Å². The van der Waals surface area contributed by atoms with Gasteiger partial charge in [-0.25, -0.2) is 4.39 Å². The van der Waals surface area contributed by atoms with Gasteiger partial charge in [0.05, 0.1) is 0 Å². The van der Waals surface area contributed by atoms with Crippen LogP contribution in [0.3, 0.4) is 0 Å². The maximum atomic E-state index is 12.8. The number of halogens is 1.